The molecule has 4 nitrogen and oxygen atoms in total. The molecule has 0 aliphatic heterocycles. The Labute approximate surface area is 140 Å². The lowest BCUT2D eigenvalue weighted by atomic mass is 10.1. The van der Waals surface area contributed by atoms with Gasteiger partial charge in [0.05, 0.1) is 7.11 Å². The van der Waals surface area contributed by atoms with E-state index in [-0.39, 0.29) is 18.5 Å². The molecule has 0 fully saturated rings. The first-order chi connectivity index (χ1) is 10.1. The fraction of sp³-hybridized carbons (Fsp3) is 0.312. The zero-order chi connectivity index (χ0) is 15.4. The molecule has 0 saturated heterocycles. The van der Waals surface area contributed by atoms with Gasteiger partial charge in [0.2, 0.25) is 0 Å². The first-order valence-electron chi connectivity index (χ1n) is 6.78. The normalized spacial score (nSPS) is 11.6. The fourth-order valence-electron chi connectivity index (χ4n) is 2.11. The van der Waals surface area contributed by atoms with Gasteiger partial charge in [-0.2, -0.15) is 0 Å². The van der Waals surface area contributed by atoms with Gasteiger partial charge in [-0.05, 0) is 30.0 Å². The molecule has 1 atom stereocenters. The van der Waals surface area contributed by atoms with Crippen molar-refractivity contribution in [2.24, 2.45) is 5.73 Å². The summed E-state index contributed by atoms with van der Waals surface area (Å²) >= 11 is 6.18. The van der Waals surface area contributed by atoms with E-state index in [1.54, 1.807) is 18.2 Å². The minimum absolute atomic E-state index is 0. The van der Waals surface area contributed by atoms with E-state index in [0.717, 1.165) is 17.2 Å². The molecular formula is C16H19Cl2NO3. The van der Waals surface area contributed by atoms with E-state index in [2.05, 4.69) is 0 Å². The molecule has 0 spiro atoms. The van der Waals surface area contributed by atoms with Gasteiger partial charge in [-0.3, -0.25) is 0 Å². The Hall–Kier alpha value is -1.49. The van der Waals surface area contributed by atoms with Crippen LogP contribution in [0.25, 0.3) is 10.8 Å². The highest BCUT2D eigenvalue weighted by Crippen LogP contribution is 2.31. The Balaban J connectivity index is 0.00000242. The van der Waals surface area contributed by atoms with Crippen LogP contribution in [0.2, 0.25) is 5.02 Å². The summed E-state index contributed by atoms with van der Waals surface area (Å²) in [7, 11) is 1.34. The summed E-state index contributed by atoms with van der Waals surface area (Å²) < 4.78 is 10.7. The SMILES string of the molecule is CC[C@H](CN)Oc1cc2cccc(Cl)c2cc1C(=O)OC.Cl. The topological polar surface area (TPSA) is 61.5 Å². The average molecular weight is 344 g/mol. The highest BCUT2D eigenvalue weighted by atomic mass is 35.5. The largest absolute Gasteiger partial charge is 0.488 e. The number of nitrogens with two attached hydrogens (primary N) is 1. The van der Waals surface area contributed by atoms with Crippen LogP contribution in [0, 0.1) is 0 Å². The van der Waals surface area contributed by atoms with Crippen molar-refractivity contribution >= 4 is 40.7 Å². The number of carbonyl (C=O) groups is 1. The molecule has 120 valence electrons. The van der Waals surface area contributed by atoms with Gasteiger partial charge in [-0.25, -0.2) is 4.79 Å². The second-order valence-corrected chi connectivity index (χ2v) is 5.09. The van der Waals surface area contributed by atoms with Crippen LogP contribution >= 0.6 is 24.0 Å². The van der Waals surface area contributed by atoms with Crippen molar-refractivity contribution < 1.29 is 14.3 Å². The summed E-state index contributed by atoms with van der Waals surface area (Å²) in [6, 6.07) is 9.04. The maximum Gasteiger partial charge on any atom is 0.341 e. The Bertz CT molecular complexity index is 657. The number of benzene rings is 2. The lowest BCUT2D eigenvalue weighted by Gasteiger charge is -2.18. The maximum absolute atomic E-state index is 12.0. The van der Waals surface area contributed by atoms with E-state index in [1.807, 2.05) is 19.1 Å². The van der Waals surface area contributed by atoms with Gasteiger partial charge in [0, 0.05) is 17.0 Å². The molecule has 0 aliphatic rings. The monoisotopic (exact) mass is 343 g/mol. The summed E-state index contributed by atoms with van der Waals surface area (Å²) in [6.07, 6.45) is 0.607. The Morgan fingerprint density at radius 1 is 1.36 bits per heavy atom. The van der Waals surface area contributed by atoms with E-state index in [0.29, 0.717) is 22.9 Å². The molecule has 0 unspecified atom stereocenters. The molecule has 0 heterocycles. The van der Waals surface area contributed by atoms with Crippen LogP contribution in [-0.4, -0.2) is 25.7 Å². The van der Waals surface area contributed by atoms with Crippen molar-refractivity contribution in [2.75, 3.05) is 13.7 Å². The lowest BCUT2D eigenvalue weighted by Crippen LogP contribution is -2.26. The first-order valence-corrected chi connectivity index (χ1v) is 7.15. The highest BCUT2D eigenvalue weighted by Gasteiger charge is 2.18. The predicted molar refractivity (Wildman–Crippen MR) is 91.3 cm³/mol. The number of carbonyl (C=O) groups excluding carboxylic acids is 1. The van der Waals surface area contributed by atoms with Crippen LogP contribution in [0.1, 0.15) is 23.7 Å². The first kappa shape index (κ1) is 18.6. The number of ether oxygens (including phenoxy) is 2. The van der Waals surface area contributed by atoms with E-state index in [1.165, 1.54) is 7.11 Å². The van der Waals surface area contributed by atoms with Gasteiger partial charge >= 0.3 is 5.97 Å². The number of hydrogen-bond acceptors (Lipinski definition) is 4. The molecular weight excluding hydrogens is 325 g/mol. The standard InChI is InChI=1S/C16H18ClNO3.ClH/c1-3-11(9-18)21-15-7-10-5-4-6-14(17)12(10)8-13(15)16(19)20-2;/h4-8,11H,3,9,18H2,1-2H3;1H/t11-;/m1./s1. The van der Waals surface area contributed by atoms with Crippen LogP contribution in [0.4, 0.5) is 0 Å². The van der Waals surface area contributed by atoms with Crippen LogP contribution in [0.3, 0.4) is 0 Å². The smallest absolute Gasteiger partial charge is 0.341 e. The van der Waals surface area contributed by atoms with Crippen LogP contribution in [0.15, 0.2) is 30.3 Å². The summed E-state index contributed by atoms with van der Waals surface area (Å²) in [5.74, 6) is 0.00705. The summed E-state index contributed by atoms with van der Waals surface area (Å²) in [5, 5.41) is 2.26. The molecule has 22 heavy (non-hydrogen) atoms. The second kappa shape index (κ2) is 8.22. The summed E-state index contributed by atoms with van der Waals surface area (Å²) in [5.41, 5.74) is 6.02. The van der Waals surface area contributed by atoms with Crippen molar-refractivity contribution in [3.05, 3.63) is 40.9 Å². The average Bonchev–Trinajstić information content (AvgIpc) is 2.51. The molecule has 0 radical (unpaired) electrons. The molecule has 2 aromatic rings. The van der Waals surface area contributed by atoms with Crippen molar-refractivity contribution in [1.82, 2.24) is 0 Å². The molecule has 2 N–H and O–H groups in total. The fourth-order valence-corrected chi connectivity index (χ4v) is 2.35. The third-order valence-corrected chi connectivity index (χ3v) is 3.67. The Morgan fingerprint density at radius 3 is 2.68 bits per heavy atom. The van der Waals surface area contributed by atoms with E-state index in [9.17, 15) is 4.79 Å². The molecule has 0 saturated carbocycles. The highest BCUT2D eigenvalue weighted by molar-refractivity contribution is 6.35. The molecule has 0 aromatic heterocycles. The van der Waals surface area contributed by atoms with Gasteiger partial charge in [0.15, 0.2) is 0 Å². The number of halogens is 2. The summed E-state index contributed by atoms with van der Waals surface area (Å²) in [4.78, 5) is 12.0. The minimum atomic E-state index is -0.460. The third-order valence-electron chi connectivity index (χ3n) is 3.34. The Kier molecular flexibility index (Phi) is 6.94. The molecule has 0 aliphatic carbocycles. The molecule has 6 heteroatoms. The molecule has 0 amide bonds. The van der Waals surface area contributed by atoms with Crippen LogP contribution in [-0.2, 0) is 4.74 Å². The van der Waals surface area contributed by atoms with Crippen molar-refractivity contribution in [3.63, 3.8) is 0 Å². The quantitative estimate of drug-likeness (QED) is 0.838. The van der Waals surface area contributed by atoms with E-state index < -0.39 is 5.97 Å². The zero-order valence-electron chi connectivity index (χ0n) is 12.5. The maximum atomic E-state index is 12.0. The lowest BCUT2D eigenvalue weighted by molar-refractivity contribution is 0.0593. The van der Waals surface area contributed by atoms with Gasteiger partial charge < -0.3 is 15.2 Å². The third kappa shape index (κ3) is 3.83. The zero-order valence-corrected chi connectivity index (χ0v) is 14.0. The van der Waals surface area contributed by atoms with Gasteiger partial charge in [-0.15, -0.1) is 12.4 Å². The van der Waals surface area contributed by atoms with Crippen molar-refractivity contribution in [2.45, 2.75) is 19.4 Å². The second-order valence-electron chi connectivity index (χ2n) is 4.68. The Morgan fingerprint density at radius 2 is 2.09 bits per heavy atom. The number of hydrogen-bond donors (Lipinski definition) is 1. The molecule has 2 aromatic carbocycles. The van der Waals surface area contributed by atoms with Gasteiger partial charge in [0.1, 0.15) is 17.4 Å². The van der Waals surface area contributed by atoms with Crippen LogP contribution < -0.4 is 10.5 Å². The van der Waals surface area contributed by atoms with Crippen molar-refractivity contribution in [1.29, 1.82) is 0 Å². The van der Waals surface area contributed by atoms with Crippen LogP contribution in [0.5, 0.6) is 5.75 Å². The number of fused-ring (bicyclic) bond motifs is 1. The summed E-state index contributed by atoms with van der Waals surface area (Å²) in [6.45, 7) is 2.36. The van der Waals surface area contributed by atoms with E-state index >= 15 is 0 Å². The van der Waals surface area contributed by atoms with Gasteiger partial charge in [0.25, 0.3) is 0 Å². The number of esters is 1. The van der Waals surface area contributed by atoms with Gasteiger partial charge in [-0.1, -0.05) is 30.7 Å². The number of methoxy groups -OCH3 is 1. The van der Waals surface area contributed by atoms with E-state index in [4.69, 9.17) is 26.8 Å². The predicted octanol–water partition coefficient (Wildman–Crippen LogP) is 3.82. The molecule has 2 rings (SSSR count). The number of rotatable bonds is 5. The van der Waals surface area contributed by atoms with Crippen molar-refractivity contribution in [3.8, 4) is 5.75 Å². The molecule has 0 bridgehead atoms. The minimum Gasteiger partial charge on any atom is -0.488 e.